The Morgan fingerprint density at radius 2 is 1.41 bits per heavy atom. The van der Waals surface area contributed by atoms with Crippen molar-refractivity contribution in [3.63, 3.8) is 0 Å². The summed E-state index contributed by atoms with van der Waals surface area (Å²) >= 11 is 24.4. The predicted molar refractivity (Wildman–Crippen MR) is 118 cm³/mol. The van der Waals surface area contributed by atoms with Crippen molar-refractivity contribution < 1.29 is 13.2 Å². The van der Waals surface area contributed by atoms with Gasteiger partial charge in [0.2, 0.25) is 15.9 Å². The van der Waals surface area contributed by atoms with Crippen LogP contribution >= 0.6 is 46.4 Å². The summed E-state index contributed by atoms with van der Waals surface area (Å²) in [4.78, 5) is 12.6. The number of rotatable bonds is 5. The lowest BCUT2D eigenvalue weighted by Gasteiger charge is -2.30. The average Bonchev–Trinajstić information content (AvgIpc) is 2.68. The second-order valence-corrected chi connectivity index (χ2v) is 10.3. The van der Waals surface area contributed by atoms with Crippen LogP contribution in [-0.2, 0) is 20.6 Å². The lowest BCUT2D eigenvalue weighted by atomic mass is 9.97. The number of carbonyl (C=O) groups is 1. The SMILES string of the molecule is O=C(Nc1c(Cl)cccc1Cl)C1CCN(S(=O)(=O)Cc2c(Cl)cccc2Cl)CC1. The molecular formula is C19H18Cl4N2O3S. The lowest BCUT2D eigenvalue weighted by molar-refractivity contribution is -0.120. The van der Waals surface area contributed by atoms with Crippen LogP contribution in [0.15, 0.2) is 36.4 Å². The quantitative estimate of drug-likeness (QED) is 0.597. The van der Waals surface area contributed by atoms with E-state index in [1.807, 2.05) is 0 Å². The fraction of sp³-hybridized carbons (Fsp3) is 0.316. The van der Waals surface area contributed by atoms with Crippen LogP contribution < -0.4 is 5.32 Å². The van der Waals surface area contributed by atoms with Gasteiger partial charge in [-0.2, -0.15) is 0 Å². The molecule has 1 N–H and O–H groups in total. The zero-order chi connectivity index (χ0) is 21.2. The maximum absolute atomic E-state index is 12.8. The Labute approximate surface area is 189 Å². The Hall–Kier alpha value is -1.02. The third-order valence-corrected chi connectivity index (χ3v) is 7.96. The van der Waals surface area contributed by atoms with Crippen LogP contribution in [0.1, 0.15) is 18.4 Å². The van der Waals surface area contributed by atoms with Gasteiger partial charge in [0.05, 0.1) is 21.5 Å². The monoisotopic (exact) mass is 494 g/mol. The van der Waals surface area contributed by atoms with Crippen molar-refractivity contribution in [3.8, 4) is 0 Å². The van der Waals surface area contributed by atoms with Gasteiger partial charge >= 0.3 is 0 Å². The lowest BCUT2D eigenvalue weighted by Crippen LogP contribution is -2.42. The summed E-state index contributed by atoms with van der Waals surface area (Å²) in [6, 6.07) is 9.84. The molecular weight excluding hydrogens is 478 g/mol. The van der Waals surface area contributed by atoms with E-state index in [1.165, 1.54) is 4.31 Å². The van der Waals surface area contributed by atoms with Gasteiger partial charge in [0.25, 0.3) is 0 Å². The van der Waals surface area contributed by atoms with Crippen molar-refractivity contribution in [2.24, 2.45) is 5.92 Å². The highest BCUT2D eigenvalue weighted by Crippen LogP contribution is 2.32. The second kappa shape index (κ2) is 9.41. The van der Waals surface area contributed by atoms with Crippen molar-refractivity contribution in [2.45, 2.75) is 18.6 Å². The van der Waals surface area contributed by atoms with Gasteiger partial charge in [-0.3, -0.25) is 4.79 Å². The molecule has 0 aromatic heterocycles. The van der Waals surface area contributed by atoms with Crippen molar-refractivity contribution in [3.05, 3.63) is 62.1 Å². The van der Waals surface area contributed by atoms with E-state index in [0.29, 0.717) is 44.2 Å². The fourth-order valence-electron chi connectivity index (χ4n) is 3.18. The number of hydrogen-bond donors (Lipinski definition) is 1. The molecule has 0 unspecified atom stereocenters. The number of nitrogens with one attached hydrogen (secondary N) is 1. The molecule has 0 spiro atoms. The predicted octanol–water partition coefficient (Wildman–Crippen LogP) is 5.48. The number of benzene rings is 2. The molecule has 3 rings (SSSR count). The first kappa shape index (κ1) is 22.7. The van der Waals surface area contributed by atoms with E-state index < -0.39 is 10.0 Å². The first-order valence-corrected chi connectivity index (χ1v) is 12.0. The minimum absolute atomic E-state index is 0.230. The van der Waals surface area contributed by atoms with E-state index in [9.17, 15) is 13.2 Å². The molecule has 0 radical (unpaired) electrons. The molecule has 0 bridgehead atoms. The Kier molecular flexibility index (Phi) is 7.36. The van der Waals surface area contributed by atoms with Gasteiger partial charge in [0.1, 0.15) is 0 Å². The zero-order valence-corrected chi connectivity index (χ0v) is 19.0. The van der Waals surface area contributed by atoms with Gasteiger partial charge in [0, 0.05) is 34.6 Å². The largest absolute Gasteiger partial charge is 0.323 e. The Morgan fingerprint density at radius 1 is 0.931 bits per heavy atom. The molecule has 1 aliphatic heterocycles. The molecule has 0 aliphatic carbocycles. The molecule has 1 fully saturated rings. The van der Waals surface area contributed by atoms with Gasteiger partial charge < -0.3 is 5.32 Å². The molecule has 1 amide bonds. The standard InChI is InChI=1S/C19H18Cl4N2O3S/c20-14-3-1-4-15(21)13(14)11-29(27,28)25-9-7-12(8-10-25)19(26)24-18-16(22)5-2-6-17(18)23/h1-6,12H,7-11H2,(H,24,26). The zero-order valence-electron chi connectivity index (χ0n) is 15.2. The van der Waals surface area contributed by atoms with E-state index >= 15 is 0 Å². The van der Waals surface area contributed by atoms with E-state index in [1.54, 1.807) is 36.4 Å². The highest BCUT2D eigenvalue weighted by atomic mass is 35.5. The van der Waals surface area contributed by atoms with Gasteiger partial charge in [-0.25, -0.2) is 12.7 Å². The third-order valence-electron chi connectivity index (χ3n) is 4.82. The van der Waals surface area contributed by atoms with Crippen molar-refractivity contribution >= 4 is 68.0 Å². The first-order valence-electron chi connectivity index (χ1n) is 8.84. The Morgan fingerprint density at radius 3 is 1.93 bits per heavy atom. The van der Waals surface area contributed by atoms with Gasteiger partial charge in [-0.1, -0.05) is 58.5 Å². The van der Waals surface area contributed by atoms with E-state index in [4.69, 9.17) is 46.4 Å². The number of halogens is 4. The molecule has 2 aromatic rings. The summed E-state index contributed by atoms with van der Waals surface area (Å²) < 4.78 is 27.0. The topological polar surface area (TPSA) is 66.5 Å². The summed E-state index contributed by atoms with van der Waals surface area (Å²) in [5.74, 6) is -0.846. The smallest absolute Gasteiger partial charge is 0.227 e. The van der Waals surface area contributed by atoms with Crippen LogP contribution in [0.3, 0.4) is 0 Å². The molecule has 156 valence electrons. The first-order chi connectivity index (χ1) is 13.7. The number of piperidine rings is 1. The molecule has 0 saturated carbocycles. The van der Waals surface area contributed by atoms with Crippen LogP contribution in [-0.4, -0.2) is 31.7 Å². The van der Waals surface area contributed by atoms with Gasteiger partial charge in [-0.15, -0.1) is 0 Å². The fourth-order valence-corrected chi connectivity index (χ4v) is 5.99. The normalized spacial score (nSPS) is 16.0. The van der Waals surface area contributed by atoms with Crippen molar-refractivity contribution in [1.82, 2.24) is 4.31 Å². The number of hydrogen-bond acceptors (Lipinski definition) is 3. The van der Waals surface area contributed by atoms with Crippen LogP contribution in [0.25, 0.3) is 0 Å². The van der Waals surface area contributed by atoms with Crippen LogP contribution in [0, 0.1) is 5.92 Å². The summed E-state index contributed by atoms with van der Waals surface area (Å²) in [6.45, 7) is 0.470. The van der Waals surface area contributed by atoms with E-state index in [-0.39, 0.29) is 30.7 Å². The number of amides is 1. The molecule has 5 nitrogen and oxygen atoms in total. The second-order valence-electron chi connectivity index (χ2n) is 6.72. The molecule has 10 heteroatoms. The molecule has 2 aromatic carbocycles. The number of anilines is 1. The van der Waals surface area contributed by atoms with E-state index in [0.717, 1.165) is 0 Å². The number of nitrogens with zero attached hydrogens (tertiary/aromatic N) is 1. The molecule has 1 saturated heterocycles. The maximum Gasteiger partial charge on any atom is 0.227 e. The summed E-state index contributed by atoms with van der Waals surface area (Å²) in [5.41, 5.74) is 0.744. The molecule has 1 aliphatic rings. The average molecular weight is 496 g/mol. The molecule has 29 heavy (non-hydrogen) atoms. The summed E-state index contributed by atoms with van der Waals surface area (Å²) in [6.07, 6.45) is 0.785. The minimum Gasteiger partial charge on any atom is -0.323 e. The van der Waals surface area contributed by atoms with E-state index in [2.05, 4.69) is 5.32 Å². The Bertz CT molecular complexity index is 982. The van der Waals surface area contributed by atoms with Crippen LogP contribution in [0.5, 0.6) is 0 Å². The van der Waals surface area contributed by atoms with Crippen LogP contribution in [0.2, 0.25) is 20.1 Å². The summed E-state index contributed by atoms with van der Waals surface area (Å²) in [7, 11) is -3.61. The minimum atomic E-state index is -3.61. The number of carbonyl (C=O) groups excluding carboxylic acids is 1. The van der Waals surface area contributed by atoms with Gasteiger partial charge in [0.15, 0.2) is 0 Å². The molecule has 0 atom stereocenters. The number of sulfonamides is 1. The highest BCUT2D eigenvalue weighted by Gasteiger charge is 2.32. The summed E-state index contributed by atoms with van der Waals surface area (Å²) in [5, 5.41) is 4.07. The van der Waals surface area contributed by atoms with Crippen LogP contribution in [0.4, 0.5) is 5.69 Å². The number of para-hydroxylation sites is 1. The van der Waals surface area contributed by atoms with Gasteiger partial charge in [-0.05, 0) is 37.1 Å². The highest BCUT2D eigenvalue weighted by molar-refractivity contribution is 7.88. The Balaban J connectivity index is 1.63. The van der Waals surface area contributed by atoms with Crippen molar-refractivity contribution in [1.29, 1.82) is 0 Å². The maximum atomic E-state index is 12.8. The van der Waals surface area contributed by atoms with Crippen molar-refractivity contribution in [2.75, 3.05) is 18.4 Å². The molecule has 1 heterocycles. The third kappa shape index (κ3) is 5.37.